The molecule has 0 amide bonds. The summed E-state index contributed by atoms with van der Waals surface area (Å²) in [7, 11) is 0. The summed E-state index contributed by atoms with van der Waals surface area (Å²) in [4.78, 5) is 15.8. The first kappa shape index (κ1) is 17.9. The minimum absolute atomic E-state index is 0.0245. The van der Waals surface area contributed by atoms with Crippen molar-refractivity contribution in [1.82, 2.24) is 14.8 Å². The molecular weight excluding hydrogens is 395 g/mol. The highest BCUT2D eigenvalue weighted by Gasteiger charge is 2.36. The van der Waals surface area contributed by atoms with E-state index in [-0.39, 0.29) is 18.3 Å². The fraction of sp³-hybridized carbons (Fsp3) is 0.417. The number of halogens is 5. The largest absolute Gasteiger partial charge is 0.460 e. The Morgan fingerprint density at radius 3 is 2.68 bits per heavy atom. The molecule has 0 saturated heterocycles. The van der Waals surface area contributed by atoms with Gasteiger partial charge in [0, 0.05) is 10.1 Å². The van der Waals surface area contributed by atoms with Gasteiger partial charge in [-0.25, -0.2) is 14.5 Å². The quantitative estimate of drug-likeness (QED) is 0.550. The summed E-state index contributed by atoms with van der Waals surface area (Å²) in [6.45, 7) is 1.84. The smallest absolute Gasteiger partial charge is 0.378 e. The van der Waals surface area contributed by atoms with Gasteiger partial charge in [-0.05, 0) is 19.4 Å². The first-order valence-corrected chi connectivity index (χ1v) is 8.06. The van der Waals surface area contributed by atoms with Gasteiger partial charge in [0.15, 0.2) is 5.82 Å². The van der Waals surface area contributed by atoms with Gasteiger partial charge in [0.25, 0.3) is 5.82 Å². The van der Waals surface area contributed by atoms with Gasteiger partial charge in [-0.3, -0.25) is 0 Å². The zero-order valence-corrected chi connectivity index (χ0v) is 15.0. The van der Waals surface area contributed by atoms with Crippen molar-refractivity contribution >= 4 is 64.0 Å². The number of allylic oxidation sites excluding steroid dienone is 4. The summed E-state index contributed by atoms with van der Waals surface area (Å²) in [6.07, 6.45) is 3.73. The van der Waals surface area contributed by atoms with Crippen LogP contribution >= 0.6 is 58.0 Å². The molecule has 0 bridgehead atoms. The van der Waals surface area contributed by atoms with Crippen LogP contribution in [0.3, 0.4) is 0 Å². The van der Waals surface area contributed by atoms with E-state index in [0.29, 0.717) is 16.5 Å². The molecule has 0 N–H and O–H groups in total. The number of hydrogen-bond donors (Lipinski definition) is 0. The van der Waals surface area contributed by atoms with Crippen molar-refractivity contribution in [3.05, 3.63) is 33.9 Å². The highest BCUT2D eigenvalue weighted by atomic mass is 35.6. The van der Waals surface area contributed by atoms with E-state index in [0.717, 1.165) is 0 Å². The lowest BCUT2D eigenvalue weighted by atomic mass is 10.1. The molecule has 1 aromatic rings. The average Bonchev–Trinajstić information content (AvgIpc) is 2.84. The second kappa shape index (κ2) is 6.97. The number of alkyl halides is 3. The van der Waals surface area contributed by atoms with Crippen LogP contribution < -0.4 is 0 Å². The zero-order chi connectivity index (χ0) is 16.5. The van der Waals surface area contributed by atoms with E-state index in [2.05, 4.69) is 10.1 Å². The lowest BCUT2D eigenvalue weighted by Gasteiger charge is -2.22. The summed E-state index contributed by atoms with van der Waals surface area (Å²) in [5, 5.41) is 4.97. The third kappa shape index (κ3) is 3.89. The first-order valence-electron chi connectivity index (χ1n) is 6.17. The van der Waals surface area contributed by atoms with Crippen LogP contribution in [0.1, 0.15) is 35.8 Å². The minimum atomic E-state index is -1.88. The SMILES string of the molecule is CCOC(=O)c1nc(C(Cl)(Cl)Cl)n(C2CC=C(Cl)C=C2Cl)n1. The summed E-state index contributed by atoms with van der Waals surface area (Å²) in [5.74, 6) is -0.932. The number of rotatable bonds is 3. The number of ether oxygens (including phenoxy) is 1. The zero-order valence-electron chi connectivity index (χ0n) is 11.2. The Kier molecular flexibility index (Phi) is 5.67. The van der Waals surface area contributed by atoms with Crippen LogP contribution in [0.25, 0.3) is 0 Å². The molecule has 1 atom stereocenters. The molecule has 0 aromatic carbocycles. The summed E-state index contributed by atoms with van der Waals surface area (Å²) in [5.41, 5.74) is 0. The maximum absolute atomic E-state index is 11.8. The van der Waals surface area contributed by atoms with Crippen molar-refractivity contribution in [2.24, 2.45) is 0 Å². The summed E-state index contributed by atoms with van der Waals surface area (Å²) < 4.78 is 4.28. The maximum atomic E-state index is 11.8. The van der Waals surface area contributed by atoms with Crippen molar-refractivity contribution in [3.63, 3.8) is 0 Å². The number of carbonyl (C=O) groups is 1. The first-order chi connectivity index (χ1) is 10.2. The van der Waals surface area contributed by atoms with Gasteiger partial charge >= 0.3 is 5.97 Å². The molecule has 0 spiro atoms. The second-order valence-electron chi connectivity index (χ2n) is 4.29. The van der Waals surface area contributed by atoms with Crippen LogP contribution in [0, 0.1) is 0 Å². The van der Waals surface area contributed by atoms with Gasteiger partial charge in [-0.15, -0.1) is 5.10 Å². The molecular formula is C12H10Cl5N3O2. The van der Waals surface area contributed by atoms with E-state index in [1.807, 2.05) is 0 Å². The van der Waals surface area contributed by atoms with Crippen molar-refractivity contribution in [1.29, 1.82) is 0 Å². The van der Waals surface area contributed by atoms with Gasteiger partial charge in [0.2, 0.25) is 3.79 Å². The molecule has 5 nitrogen and oxygen atoms in total. The van der Waals surface area contributed by atoms with Crippen molar-refractivity contribution in [2.45, 2.75) is 23.2 Å². The fourth-order valence-corrected chi connectivity index (χ4v) is 2.80. The Bertz CT molecular complexity index is 648. The van der Waals surface area contributed by atoms with Gasteiger partial charge in [-0.1, -0.05) is 64.1 Å². The topological polar surface area (TPSA) is 57.0 Å². The molecule has 0 saturated carbocycles. The number of aromatic nitrogens is 3. The third-order valence-corrected chi connectivity index (χ3v) is 3.90. The van der Waals surface area contributed by atoms with Crippen LogP contribution in [0.4, 0.5) is 0 Å². The normalized spacial score (nSPS) is 18.7. The molecule has 1 unspecified atom stereocenters. The molecule has 1 aromatic heterocycles. The van der Waals surface area contributed by atoms with Crippen LogP contribution in [-0.4, -0.2) is 27.3 Å². The number of nitrogens with zero attached hydrogens (tertiary/aromatic N) is 3. The van der Waals surface area contributed by atoms with Crippen molar-refractivity contribution in [3.8, 4) is 0 Å². The molecule has 0 radical (unpaired) electrons. The predicted octanol–water partition coefficient (Wildman–Crippen LogP) is 4.47. The Labute approximate surface area is 151 Å². The van der Waals surface area contributed by atoms with Crippen LogP contribution in [0.2, 0.25) is 0 Å². The fourth-order valence-electron chi connectivity index (χ4n) is 1.86. The highest BCUT2D eigenvalue weighted by Crippen LogP contribution is 2.41. The molecule has 10 heteroatoms. The molecule has 0 aliphatic heterocycles. The minimum Gasteiger partial charge on any atom is -0.460 e. The van der Waals surface area contributed by atoms with Gasteiger partial charge in [0.1, 0.15) is 0 Å². The molecule has 1 heterocycles. The molecule has 2 rings (SSSR count). The number of carbonyl (C=O) groups excluding carboxylic acids is 1. The van der Waals surface area contributed by atoms with E-state index < -0.39 is 15.8 Å². The number of hydrogen-bond acceptors (Lipinski definition) is 4. The monoisotopic (exact) mass is 403 g/mol. The maximum Gasteiger partial charge on any atom is 0.378 e. The Hall–Kier alpha value is -0.460. The van der Waals surface area contributed by atoms with Crippen molar-refractivity contribution in [2.75, 3.05) is 6.61 Å². The molecule has 1 aliphatic carbocycles. The van der Waals surface area contributed by atoms with E-state index >= 15 is 0 Å². The summed E-state index contributed by atoms with van der Waals surface area (Å²) in [6, 6.07) is -0.467. The van der Waals surface area contributed by atoms with Gasteiger partial charge < -0.3 is 4.74 Å². The van der Waals surface area contributed by atoms with E-state index in [4.69, 9.17) is 62.7 Å². The lowest BCUT2D eigenvalue weighted by Crippen LogP contribution is -2.20. The summed E-state index contributed by atoms with van der Waals surface area (Å²) >= 11 is 29.8. The van der Waals surface area contributed by atoms with Gasteiger partial charge in [0.05, 0.1) is 12.6 Å². The molecule has 0 fully saturated rings. The highest BCUT2D eigenvalue weighted by molar-refractivity contribution is 6.66. The van der Waals surface area contributed by atoms with Gasteiger partial charge in [-0.2, -0.15) is 0 Å². The second-order valence-corrected chi connectivity index (χ2v) is 7.45. The predicted molar refractivity (Wildman–Crippen MR) is 86.7 cm³/mol. The molecule has 1 aliphatic rings. The van der Waals surface area contributed by atoms with Crippen LogP contribution in [0.5, 0.6) is 0 Å². The Morgan fingerprint density at radius 1 is 1.45 bits per heavy atom. The molecule has 22 heavy (non-hydrogen) atoms. The van der Waals surface area contributed by atoms with Crippen molar-refractivity contribution < 1.29 is 9.53 Å². The Balaban J connectivity index is 2.46. The van der Waals surface area contributed by atoms with Crippen LogP contribution in [-0.2, 0) is 8.53 Å². The van der Waals surface area contributed by atoms with Crippen LogP contribution in [0.15, 0.2) is 22.2 Å². The average molecular weight is 405 g/mol. The van der Waals surface area contributed by atoms with E-state index in [9.17, 15) is 4.79 Å². The van der Waals surface area contributed by atoms with E-state index in [1.165, 1.54) is 4.68 Å². The lowest BCUT2D eigenvalue weighted by molar-refractivity contribution is 0.0511. The molecule has 120 valence electrons. The number of esters is 1. The standard InChI is InChI=1S/C12H10Cl5N3O2/c1-2-22-10(21)9-18-11(12(15,16)17)20(19-9)8-4-3-6(13)5-7(8)14/h3,5,8H,2,4H2,1H3. The third-order valence-electron chi connectivity index (χ3n) is 2.77. The van der Waals surface area contributed by atoms with E-state index in [1.54, 1.807) is 19.1 Å². The Morgan fingerprint density at radius 2 is 2.14 bits per heavy atom.